The number of rotatable bonds is 9. The largest absolute Gasteiger partial charge is 0.464 e. The van der Waals surface area contributed by atoms with Crippen molar-refractivity contribution in [1.82, 2.24) is 0 Å². The molecule has 1 aromatic carbocycles. The van der Waals surface area contributed by atoms with Crippen molar-refractivity contribution in [2.24, 2.45) is 0 Å². The minimum absolute atomic E-state index is 0.0122. The Hall–Kier alpha value is -1.43. The second kappa shape index (κ2) is 9.49. The molecular formula is C14H20O5. The van der Waals surface area contributed by atoms with Gasteiger partial charge < -0.3 is 19.7 Å². The number of carbonyl (C=O) groups is 1. The Morgan fingerprint density at radius 2 is 1.79 bits per heavy atom. The van der Waals surface area contributed by atoms with Crippen LogP contribution in [-0.4, -0.2) is 42.6 Å². The van der Waals surface area contributed by atoms with Gasteiger partial charge in [-0.15, -0.1) is 0 Å². The number of hydrogen-bond donors (Lipinski definition) is 2. The highest BCUT2D eigenvalue weighted by Crippen LogP contribution is 2.13. The second-order valence-electron chi connectivity index (χ2n) is 4.02. The third kappa shape index (κ3) is 6.33. The van der Waals surface area contributed by atoms with Crippen LogP contribution >= 0.6 is 0 Å². The molecule has 1 aromatic rings. The summed E-state index contributed by atoms with van der Waals surface area (Å²) in [5.41, 5.74) is 0.527. The summed E-state index contributed by atoms with van der Waals surface area (Å²) in [7, 11) is 0. The summed E-state index contributed by atoms with van der Waals surface area (Å²) < 4.78 is 10.0. The molecule has 0 aliphatic heterocycles. The fourth-order valence-corrected chi connectivity index (χ4v) is 1.50. The van der Waals surface area contributed by atoms with E-state index in [1.165, 1.54) is 0 Å². The summed E-state index contributed by atoms with van der Waals surface area (Å²) in [4.78, 5) is 11.5. The SMILES string of the molecule is O=C(OCCCCOCCO)C(O)c1ccccc1. The lowest BCUT2D eigenvalue weighted by atomic mass is 10.1. The highest BCUT2D eigenvalue weighted by atomic mass is 16.5. The molecule has 0 radical (unpaired) electrons. The molecule has 0 spiro atoms. The number of esters is 1. The first-order chi connectivity index (χ1) is 9.25. The van der Waals surface area contributed by atoms with Crippen LogP contribution in [0.1, 0.15) is 24.5 Å². The van der Waals surface area contributed by atoms with E-state index in [4.69, 9.17) is 14.6 Å². The molecule has 0 saturated carbocycles. The molecule has 5 heteroatoms. The number of aliphatic hydroxyl groups excluding tert-OH is 2. The average molecular weight is 268 g/mol. The lowest BCUT2D eigenvalue weighted by molar-refractivity contribution is -0.154. The molecule has 0 aromatic heterocycles. The Morgan fingerprint density at radius 3 is 2.47 bits per heavy atom. The molecule has 1 atom stereocenters. The molecule has 0 saturated heterocycles. The van der Waals surface area contributed by atoms with Gasteiger partial charge in [-0.2, -0.15) is 0 Å². The summed E-state index contributed by atoms with van der Waals surface area (Å²) in [5, 5.41) is 18.2. The number of ether oxygens (including phenoxy) is 2. The normalized spacial score (nSPS) is 12.1. The van der Waals surface area contributed by atoms with Crippen molar-refractivity contribution in [3.8, 4) is 0 Å². The third-order valence-electron chi connectivity index (χ3n) is 2.50. The summed E-state index contributed by atoms with van der Waals surface area (Å²) in [6.45, 7) is 1.12. The lowest BCUT2D eigenvalue weighted by Crippen LogP contribution is -2.16. The smallest absolute Gasteiger partial charge is 0.339 e. The predicted octanol–water partition coefficient (Wildman–Crippen LogP) is 1.05. The maximum atomic E-state index is 11.5. The molecule has 106 valence electrons. The quantitative estimate of drug-likeness (QED) is 0.517. The van der Waals surface area contributed by atoms with Crippen molar-refractivity contribution in [2.75, 3.05) is 26.4 Å². The van der Waals surface area contributed by atoms with Gasteiger partial charge in [-0.25, -0.2) is 4.79 Å². The minimum atomic E-state index is -1.23. The number of benzene rings is 1. The van der Waals surface area contributed by atoms with Crippen LogP contribution in [0, 0.1) is 0 Å². The topological polar surface area (TPSA) is 76.0 Å². The Balaban J connectivity index is 2.14. The van der Waals surface area contributed by atoms with Gasteiger partial charge in [0.1, 0.15) is 0 Å². The van der Waals surface area contributed by atoms with Crippen molar-refractivity contribution in [3.63, 3.8) is 0 Å². The average Bonchev–Trinajstić information content (AvgIpc) is 2.46. The van der Waals surface area contributed by atoms with E-state index < -0.39 is 12.1 Å². The monoisotopic (exact) mass is 268 g/mol. The first-order valence-electron chi connectivity index (χ1n) is 6.34. The highest BCUT2D eigenvalue weighted by Gasteiger charge is 2.18. The van der Waals surface area contributed by atoms with Gasteiger partial charge in [0.15, 0.2) is 6.10 Å². The molecule has 0 bridgehead atoms. The van der Waals surface area contributed by atoms with E-state index in [9.17, 15) is 9.90 Å². The van der Waals surface area contributed by atoms with Gasteiger partial charge >= 0.3 is 5.97 Å². The Bertz CT molecular complexity index is 352. The van der Waals surface area contributed by atoms with Crippen LogP contribution < -0.4 is 0 Å². The number of hydrogen-bond acceptors (Lipinski definition) is 5. The molecule has 2 N–H and O–H groups in total. The molecular weight excluding hydrogens is 248 g/mol. The molecule has 1 unspecified atom stereocenters. The van der Waals surface area contributed by atoms with E-state index in [1.807, 2.05) is 6.07 Å². The van der Waals surface area contributed by atoms with E-state index >= 15 is 0 Å². The fourth-order valence-electron chi connectivity index (χ4n) is 1.50. The van der Waals surface area contributed by atoms with Gasteiger partial charge in [-0.3, -0.25) is 0 Å². The van der Waals surface area contributed by atoms with E-state index in [0.717, 1.165) is 6.42 Å². The maximum absolute atomic E-state index is 11.5. The molecule has 0 heterocycles. The number of carbonyl (C=O) groups excluding carboxylic acids is 1. The number of aliphatic hydroxyl groups is 2. The molecule has 0 aliphatic rings. The summed E-state index contributed by atoms with van der Waals surface area (Å²) >= 11 is 0. The van der Waals surface area contributed by atoms with Gasteiger partial charge in [0.05, 0.1) is 19.8 Å². The van der Waals surface area contributed by atoms with Gasteiger partial charge in [-0.1, -0.05) is 30.3 Å². The highest BCUT2D eigenvalue weighted by molar-refractivity contribution is 5.76. The van der Waals surface area contributed by atoms with Crippen molar-refractivity contribution in [3.05, 3.63) is 35.9 Å². The van der Waals surface area contributed by atoms with Crippen molar-refractivity contribution >= 4 is 5.97 Å². The Morgan fingerprint density at radius 1 is 1.11 bits per heavy atom. The molecule has 0 amide bonds. The van der Waals surface area contributed by atoms with Gasteiger partial charge in [0.2, 0.25) is 0 Å². The van der Waals surface area contributed by atoms with E-state index in [1.54, 1.807) is 24.3 Å². The van der Waals surface area contributed by atoms with Gasteiger partial charge in [0, 0.05) is 6.61 Å². The zero-order valence-electron chi connectivity index (χ0n) is 10.8. The molecule has 0 fully saturated rings. The van der Waals surface area contributed by atoms with Gasteiger partial charge in [-0.05, 0) is 18.4 Å². The van der Waals surface area contributed by atoms with Crippen LogP contribution in [0.4, 0.5) is 0 Å². The molecule has 19 heavy (non-hydrogen) atoms. The van der Waals surface area contributed by atoms with Crippen molar-refractivity contribution in [2.45, 2.75) is 18.9 Å². The molecule has 1 rings (SSSR count). The number of unbranched alkanes of at least 4 members (excludes halogenated alkanes) is 1. The van der Waals surface area contributed by atoms with Crippen molar-refractivity contribution in [1.29, 1.82) is 0 Å². The summed E-state index contributed by atoms with van der Waals surface area (Å²) in [6, 6.07) is 8.67. The molecule has 0 aliphatic carbocycles. The zero-order valence-corrected chi connectivity index (χ0v) is 10.8. The predicted molar refractivity (Wildman–Crippen MR) is 69.5 cm³/mol. The lowest BCUT2D eigenvalue weighted by Gasteiger charge is -2.10. The van der Waals surface area contributed by atoms with E-state index in [2.05, 4.69) is 0 Å². The van der Waals surface area contributed by atoms with Crippen LogP contribution in [0.2, 0.25) is 0 Å². The van der Waals surface area contributed by atoms with Crippen LogP contribution in [-0.2, 0) is 14.3 Å². The standard InChI is InChI=1S/C14H20O5/c15-8-11-18-9-4-5-10-19-14(17)13(16)12-6-2-1-3-7-12/h1-3,6-7,13,15-16H,4-5,8-11H2. The van der Waals surface area contributed by atoms with Crippen LogP contribution in [0.25, 0.3) is 0 Å². The summed E-state index contributed by atoms with van der Waals surface area (Å²) in [5.74, 6) is -0.637. The van der Waals surface area contributed by atoms with E-state index in [-0.39, 0.29) is 13.2 Å². The zero-order chi connectivity index (χ0) is 13.9. The first-order valence-corrected chi connectivity index (χ1v) is 6.34. The van der Waals surface area contributed by atoms with Gasteiger partial charge in [0.25, 0.3) is 0 Å². The van der Waals surface area contributed by atoms with Crippen LogP contribution in [0.5, 0.6) is 0 Å². The Labute approximate surface area is 112 Å². The second-order valence-corrected chi connectivity index (χ2v) is 4.02. The first kappa shape index (κ1) is 15.6. The summed E-state index contributed by atoms with van der Waals surface area (Å²) in [6.07, 6.45) is 0.180. The third-order valence-corrected chi connectivity index (χ3v) is 2.50. The minimum Gasteiger partial charge on any atom is -0.464 e. The van der Waals surface area contributed by atoms with Crippen LogP contribution in [0.3, 0.4) is 0 Å². The fraction of sp³-hybridized carbons (Fsp3) is 0.500. The van der Waals surface area contributed by atoms with Crippen LogP contribution in [0.15, 0.2) is 30.3 Å². The molecule has 5 nitrogen and oxygen atoms in total. The Kier molecular flexibility index (Phi) is 7.81. The van der Waals surface area contributed by atoms with Crippen molar-refractivity contribution < 1.29 is 24.5 Å². The maximum Gasteiger partial charge on any atom is 0.339 e. The van der Waals surface area contributed by atoms with E-state index in [0.29, 0.717) is 25.2 Å².